The van der Waals surface area contributed by atoms with Crippen LogP contribution in [0.4, 0.5) is 0 Å². The molecule has 0 aliphatic heterocycles. The molecule has 0 radical (unpaired) electrons. The first-order chi connectivity index (χ1) is 7.43. The lowest BCUT2D eigenvalue weighted by molar-refractivity contribution is -0.121. The van der Waals surface area contributed by atoms with E-state index in [0.29, 0.717) is 0 Å². The van der Waals surface area contributed by atoms with E-state index in [1.807, 2.05) is 0 Å². The number of hydrogen-bond donors (Lipinski definition) is 3. The van der Waals surface area contributed by atoms with E-state index in [-0.39, 0.29) is 22.2 Å². The monoisotopic (exact) mass is 264 g/mol. The first kappa shape index (κ1) is 13.2. The van der Waals surface area contributed by atoms with Gasteiger partial charge in [0, 0.05) is 11.8 Å². The largest absolute Gasteiger partial charge is 0.390 e. The van der Waals surface area contributed by atoms with Crippen molar-refractivity contribution in [3.63, 3.8) is 0 Å². The Balaban J connectivity index is 2.95. The molecule has 0 aliphatic carbocycles. The van der Waals surface area contributed by atoms with Gasteiger partial charge in [-0.05, 0) is 6.07 Å². The molecule has 1 aromatic heterocycles. The van der Waals surface area contributed by atoms with E-state index < -0.39 is 18.1 Å². The Hall–Kier alpha value is -0.880. The minimum atomic E-state index is -1.40. The number of carbonyl (C=O) groups excluding carboxylic acids is 1. The summed E-state index contributed by atoms with van der Waals surface area (Å²) in [5, 5.41) is 19.4. The number of aromatic nitrogens is 1. The van der Waals surface area contributed by atoms with Crippen LogP contribution >= 0.6 is 23.2 Å². The Labute approximate surface area is 102 Å². The molecule has 0 spiro atoms. The molecule has 88 valence electrons. The van der Waals surface area contributed by atoms with Crippen LogP contribution in [-0.4, -0.2) is 27.2 Å². The fourth-order valence-electron chi connectivity index (χ4n) is 1.20. The van der Waals surface area contributed by atoms with E-state index in [1.54, 1.807) is 0 Å². The van der Waals surface area contributed by atoms with Gasteiger partial charge in [-0.1, -0.05) is 23.2 Å². The summed E-state index contributed by atoms with van der Waals surface area (Å²) in [5.74, 6) is -0.734. The van der Waals surface area contributed by atoms with Gasteiger partial charge in [0.05, 0.1) is 17.5 Å². The van der Waals surface area contributed by atoms with Gasteiger partial charge in [-0.3, -0.25) is 4.79 Å². The van der Waals surface area contributed by atoms with Gasteiger partial charge in [0.1, 0.15) is 11.3 Å². The number of carbonyl (C=O) groups is 1. The highest BCUT2D eigenvalue weighted by molar-refractivity contribution is 6.35. The van der Waals surface area contributed by atoms with Gasteiger partial charge < -0.3 is 15.9 Å². The third kappa shape index (κ3) is 3.05. The van der Waals surface area contributed by atoms with Gasteiger partial charge in [-0.2, -0.15) is 0 Å². The van der Waals surface area contributed by atoms with Crippen LogP contribution in [0, 0.1) is 0 Å². The molecule has 0 aromatic carbocycles. The molecule has 5 nitrogen and oxygen atoms in total. The SMILES string of the molecule is NC(=O)CC(O)C(O)c1c(Cl)ccnc1Cl. The lowest BCUT2D eigenvalue weighted by Gasteiger charge is -2.18. The number of pyridine rings is 1. The molecule has 7 heteroatoms. The molecule has 0 bridgehead atoms. The Bertz CT molecular complexity index is 380. The molecule has 0 saturated carbocycles. The summed E-state index contributed by atoms with van der Waals surface area (Å²) in [6, 6.07) is 1.42. The lowest BCUT2D eigenvalue weighted by Crippen LogP contribution is -2.26. The van der Waals surface area contributed by atoms with Gasteiger partial charge in [-0.25, -0.2) is 4.98 Å². The molecule has 16 heavy (non-hydrogen) atoms. The predicted octanol–water partition coefficient (Wildman–Crippen LogP) is 0.658. The molecule has 1 amide bonds. The molecule has 0 saturated heterocycles. The Morgan fingerprint density at radius 1 is 1.50 bits per heavy atom. The number of primary amides is 1. The van der Waals surface area contributed by atoms with Crippen molar-refractivity contribution in [2.75, 3.05) is 0 Å². The van der Waals surface area contributed by atoms with Gasteiger partial charge in [-0.15, -0.1) is 0 Å². The van der Waals surface area contributed by atoms with Crippen LogP contribution in [-0.2, 0) is 4.79 Å². The number of nitrogens with two attached hydrogens (primary N) is 1. The lowest BCUT2D eigenvalue weighted by atomic mass is 10.0. The topological polar surface area (TPSA) is 96.4 Å². The minimum Gasteiger partial charge on any atom is -0.390 e. The molecule has 4 N–H and O–H groups in total. The van der Waals surface area contributed by atoms with E-state index in [0.717, 1.165) is 0 Å². The maximum Gasteiger partial charge on any atom is 0.220 e. The quantitative estimate of drug-likeness (QED) is 0.696. The maximum absolute atomic E-state index is 10.6. The average Bonchev–Trinajstić information content (AvgIpc) is 2.16. The number of aliphatic hydroxyl groups is 2. The molecule has 2 atom stereocenters. The van der Waals surface area contributed by atoms with Crippen molar-refractivity contribution < 1.29 is 15.0 Å². The summed E-state index contributed by atoms with van der Waals surface area (Å²) < 4.78 is 0. The smallest absolute Gasteiger partial charge is 0.220 e. The molecular weight excluding hydrogens is 255 g/mol. The van der Waals surface area contributed by atoms with Crippen molar-refractivity contribution in [2.24, 2.45) is 5.73 Å². The number of amides is 1. The van der Waals surface area contributed by atoms with E-state index in [1.165, 1.54) is 12.3 Å². The predicted molar refractivity (Wildman–Crippen MR) is 59.0 cm³/mol. The summed E-state index contributed by atoms with van der Waals surface area (Å²) >= 11 is 11.5. The average molecular weight is 265 g/mol. The second kappa shape index (κ2) is 5.45. The van der Waals surface area contributed by atoms with Crippen LogP contribution in [0.15, 0.2) is 12.3 Å². The van der Waals surface area contributed by atoms with Crippen LogP contribution in [0.3, 0.4) is 0 Å². The molecule has 0 aliphatic rings. The fraction of sp³-hybridized carbons (Fsp3) is 0.333. The summed E-state index contributed by atoms with van der Waals surface area (Å²) in [6.45, 7) is 0. The second-order valence-corrected chi connectivity index (χ2v) is 3.95. The number of aliphatic hydroxyl groups excluding tert-OH is 2. The van der Waals surface area contributed by atoms with Crippen LogP contribution in [0.1, 0.15) is 18.1 Å². The summed E-state index contributed by atoms with van der Waals surface area (Å²) in [6.07, 6.45) is -1.79. The Kier molecular flexibility index (Phi) is 4.49. The molecule has 0 fully saturated rings. The molecule has 1 heterocycles. The van der Waals surface area contributed by atoms with Crippen LogP contribution in [0.5, 0.6) is 0 Å². The van der Waals surface area contributed by atoms with Crippen LogP contribution in [0.25, 0.3) is 0 Å². The van der Waals surface area contributed by atoms with Crippen molar-refractivity contribution >= 4 is 29.1 Å². The third-order valence-electron chi connectivity index (χ3n) is 1.96. The number of rotatable bonds is 4. The molecule has 1 aromatic rings. The van der Waals surface area contributed by atoms with Gasteiger partial charge in [0.15, 0.2) is 0 Å². The summed E-state index contributed by atoms with van der Waals surface area (Å²) in [4.78, 5) is 14.3. The second-order valence-electron chi connectivity index (χ2n) is 3.18. The Morgan fingerprint density at radius 3 is 2.62 bits per heavy atom. The Morgan fingerprint density at radius 2 is 2.12 bits per heavy atom. The van der Waals surface area contributed by atoms with Crippen molar-refractivity contribution in [1.82, 2.24) is 4.98 Å². The van der Waals surface area contributed by atoms with E-state index >= 15 is 0 Å². The number of halogens is 2. The highest BCUT2D eigenvalue weighted by Crippen LogP contribution is 2.31. The molecule has 1 rings (SSSR count). The highest BCUT2D eigenvalue weighted by atomic mass is 35.5. The zero-order valence-corrected chi connectivity index (χ0v) is 9.61. The summed E-state index contributed by atoms with van der Waals surface area (Å²) in [5.41, 5.74) is 4.98. The number of hydrogen-bond acceptors (Lipinski definition) is 4. The maximum atomic E-state index is 10.6. The number of nitrogens with zero attached hydrogens (tertiary/aromatic N) is 1. The van der Waals surface area contributed by atoms with Crippen molar-refractivity contribution in [3.8, 4) is 0 Å². The first-order valence-electron chi connectivity index (χ1n) is 4.37. The normalized spacial score (nSPS) is 14.5. The van der Waals surface area contributed by atoms with Crippen molar-refractivity contribution in [3.05, 3.63) is 28.0 Å². The zero-order valence-electron chi connectivity index (χ0n) is 8.10. The van der Waals surface area contributed by atoms with E-state index in [2.05, 4.69) is 4.98 Å². The van der Waals surface area contributed by atoms with E-state index in [4.69, 9.17) is 28.9 Å². The van der Waals surface area contributed by atoms with Crippen LogP contribution < -0.4 is 5.73 Å². The zero-order chi connectivity index (χ0) is 12.3. The standard InChI is InChI=1S/C9H10Cl2N2O3/c10-4-1-2-13-9(11)7(4)8(16)5(14)3-6(12)15/h1-2,5,8,14,16H,3H2,(H2,12,15). The van der Waals surface area contributed by atoms with Crippen LogP contribution in [0.2, 0.25) is 10.2 Å². The van der Waals surface area contributed by atoms with Gasteiger partial charge >= 0.3 is 0 Å². The fourth-order valence-corrected chi connectivity index (χ4v) is 1.78. The van der Waals surface area contributed by atoms with Crippen molar-refractivity contribution in [2.45, 2.75) is 18.6 Å². The third-order valence-corrected chi connectivity index (χ3v) is 2.59. The van der Waals surface area contributed by atoms with Gasteiger partial charge in [0.2, 0.25) is 5.91 Å². The highest BCUT2D eigenvalue weighted by Gasteiger charge is 2.25. The first-order valence-corrected chi connectivity index (χ1v) is 5.13. The van der Waals surface area contributed by atoms with Gasteiger partial charge in [0.25, 0.3) is 0 Å². The summed E-state index contributed by atoms with van der Waals surface area (Å²) in [7, 11) is 0. The molecule has 2 unspecified atom stereocenters. The van der Waals surface area contributed by atoms with E-state index in [9.17, 15) is 15.0 Å². The van der Waals surface area contributed by atoms with Crippen molar-refractivity contribution in [1.29, 1.82) is 0 Å². The minimum absolute atomic E-state index is 0.0245. The molecular formula is C9H10Cl2N2O3.